The SMILES string of the molecule is COc1ccc([C@H](CC(=O)O)NC(=O)c2ccc(CC#N)cc2)c(OC)c1. The summed E-state index contributed by atoms with van der Waals surface area (Å²) in [4.78, 5) is 23.9. The number of aliphatic carboxylic acids is 1. The summed E-state index contributed by atoms with van der Waals surface area (Å²) < 4.78 is 10.5. The number of amides is 1. The number of benzene rings is 2. The molecule has 1 amide bonds. The molecule has 0 aliphatic rings. The fourth-order valence-electron chi connectivity index (χ4n) is 2.63. The van der Waals surface area contributed by atoms with E-state index < -0.39 is 17.9 Å². The van der Waals surface area contributed by atoms with E-state index in [9.17, 15) is 14.7 Å². The van der Waals surface area contributed by atoms with Crippen molar-refractivity contribution >= 4 is 11.9 Å². The first kappa shape index (κ1) is 19.8. The maximum atomic E-state index is 12.6. The number of nitriles is 1. The molecular formula is C20H20N2O5. The van der Waals surface area contributed by atoms with Crippen LogP contribution < -0.4 is 14.8 Å². The average molecular weight is 368 g/mol. The number of ether oxygens (including phenoxy) is 2. The largest absolute Gasteiger partial charge is 0.497 e. The van der Waals surface area contributed by atoms with E-state index in [1.54, 1.807) is 42.5 Å². The summed E-state index contributed by atoms with van der Waals surface area (Å²) in [5.74, 6) is -0.487. The quantitative estimate of drug-likeness (QED) is 0.741. The van der Waals surface area contributed by atoms with Gasteiger partial charge in [0.05, 0.1) is 39.2 Å². The summed E-state index contributed by atoms with van der Waals surface area (Å²) in [5, 5.41) is 20.7. The number of carbonyl (C=O) groups is 2. The topological polar surface area (TPSA) is 109 Å². The van der Waals surface area contributed by atoms with Gasteiger partial charge in [-0.1, -0.05) is 12.1 Å². The van der Waals surface area contributed by atoms with Gasteiger partial charge in [0.25, 0.3) is 5.91 Å². The first-order chi connectivity index (χ1) is 13.0. The van der Waals surface area contributed by atoms with E-state index in [4.69, 9.17) is 14.7 Å². The van der Waals surface area contributed by atoms with Crippen LogP contribution in [0.5, 0.6) is 11.5 Å². The molecule has 0 spiro atoms. The summed E-state index contributed by atoms with van der Waals surface area (Å²) in [5.41, 5.74) is 1.71. The molecule has 0 saturated heterocycles. The Kier molecular flexibility index (Phi) is 6.78. The molecule has 0 bridgehead atoms. The van der Waals surface area contributed by atoms with Crippen LogP contribution in [-0.4, -0.2) is 31.2 Å². The molecule has 0 fully saturated rings. The van der Waals surface area contributed by atoms with Gasteiger partial charge in [-0.3, -0.25) is 9.59 Å². The van der Waals surface area contributed by atoms with Crippen LogP contribution in [0.3, 0.4) is 0 Å². The molecule has 0 radical (unpaired) electrons. The molecule has 0 aromatic heterocycles. The van der Waals surface area contributed by atoms with Crippen LogP contribution in [0.4, 0.5) is 0 Å². The number of rotatable bonds is 8. The maximum absolute atomic E-state index is 12.6. The minimum atomic E-state index is -1.05. The number of nitrogens with one attached hydrogen (secondary N) is 1. The van der Waals surface area contributed by atoms with Crippen LogP contribution in [0, 0.1) is 11.3 Å². The van der Waals surface area contributed by atoms with Crippen molar-refractivity contribution in [1.82, 2.24) is 5.32 Å². The number of carbonyl (C=O) groups excluding carboxylic acids is 1. The molecule has 1 atom stereocenters. The molecule has 2 N–H and O–H groups in total. The molecule has 7 nitrogen and oxygen atoms in total. The average Bonchev–Trinajstić information content (AvgIpc) is 2.67. The normalized spacial score (nSPS) is 11.1. The van der Waals surface area contributed by atoms with E-state index >= 15 is 0 Å². The fraction of sp³-hybridized carbons (Fsp3) is 0.250. The number of carboxylic acids is 1. The maximum Gasteiger partial charge on any atom is 0.305 e. The van der Waals surface area contributed by atoms with Gasteiger partial charge in [0.1, 0.15) is 11.5 Å². The fourth-order valence-corrected chi connectivity index (χ4v) is 2.63. The molecule has 0 aliphatic carbocycles. The summed E-state index contributed by atoms with van der Waals surface area (Å²) in [7, 11) is 2.98. The second kappa shape index (κ2) is 9.25. The highest BCUT2D eigenvalue weighted by Crippen LogP contribution is 2.31. The third-order valence-electron chi connectivity index (χ3n) is 4.00. The van der Waals surface area contributed by atoms with Gasteiger partial charge >= 0.3 is 5.97 Å². The number of nitrogens with zero attached hydrogens (tertiary/aromatic N) is 1. The van der Waals surface area contributed by atoms with Crippen LogP contribution in [0.25, 0.3) is 0 Å². The van der Waals surface area contributed by atoms with Gasteiger partial charge in [0.15, 0.2) is 0 Å². The van der Waals surface area contributed by atoms with Gasteiger partial charge in [-0.2, -0.15) is 5.26 Å². The molecule has 0 aliphatic heterocycles. The van der Waals surface area contributed by atoms with E-state index in [2.05, 4.69) is 5.32 Å². The minimum absolute atomic E-state index is 0.257. The van der Waals surface area contributed by atoms with Crippen molar-refractivity contribution in [2.45, 2.75) is 18.9 Å². The number of hydrogen-bond acceptors (Lipinski definition) is 5. The van der Waals surface area contributed by atoms with Crippen LogP contribution in [0.2, 0.25) is 0 Å². The minimum Gasteiger partial charge on any atom is -0.497 e. The van der Waals surface area contributed by atoms with Crippen molar-refractivity contribution in [1.29, 1.82) is 5.26 Å². The van der Waals surface area contributed by atoms with Crippen molar-refractivity contribution in [2.24, 2.45) is 0 Å². The Morgan fingerprint density at radius 1 is 1.15 bits per heavy atom. The lowest BCUT2D eigenvalue weighted by atomic mass is 10.0. The van der Waals surface area contributed by atoms with Crippen LogP contribution in [0.15, 0.2) is 42.5 Å². The highest BCUT2D eigenvalue weighted by molar-refractivity contribution is 5.94. The van der Waals surface area contributed by atoms with Gasteiger partial charge < -0.3 is 19.9 Å². The van der Waals surface area contributed by atoms with E-state index in [1.807, 2.05) is 6.07 Å². The number of methoxy groups -OCH3 is 2. The number of hydrogen-bond donors (Lipinski definition) is 2. The molecule has 0 heterocycles. The Morgan fingerprint density at radius 3 is 2.41 bits per heavy atom. The number of carboxylic acid groups (broad SMARTS) is 1. The van der Waals surface area contributed by atoms with Gasteiger partial charge in [-0.15, -0.1) is 0 Å². The molecular weight excluding hydrogens is 348 g/mol. The summed E-state index contributed by atoms with van der Waals surface area (Å²) in [6.07, 6.45) is -0.0481. The zero-order chi connectivity index (χ0) is 19.8. The second-order valence-electron chi connectivity index (χ2n) is 5.76. The first-order valence-electron chi connectivity index (χ1n) is 8.19. The molecule has 27 heavy (non-hydrogen) atoms. The molecule has 0 unspecified atom stereocenters. The van der Waals surface area contributed by atoms with Gasteiger partial charge in [-0.25, -0.2) is 0 Å². The predicted molar refractivity (Wildman–Crippen MR) is 97.8 cm³/mol. The van der Waals surface area contributed by atoms with E-state index in [0.717, 1.165) is 5.56 Å². The lowest BCUT2D eigenvalue weighted by Gasteiger charge is -2.20. The molecule has 0 saturated carbocycles. The molecule has 2 aromatic rings. The van der Waals surface area contributed by atoms with E-state index in [-0.39, 0.29) is 12.8 Å². The summed E-state index contributed by atoms with van der Waals surface area (Å²) in [6.45, 7) is 0. The zero-order valence-corrected chi connectivity index (χ0v) is 15.1. The monoisotopic (exact) mass is 368 g/mol. The predicted octanol–water partition coefficient (Wildman–Crippen LogP) is 2.72. The van der Waals surface area contributed by atoms with Crippen molar-refractivity contribution < 1.29 is 24.2 Å². The van der Waals surface area contributed by atoms with Crippen molar-refractivity contribution in [3.8, 4) is 17.6 Å². The van der Waals surface area contributed by atoms with E-state index in [1.165, 1.54) is 14.2 Å². The van der Waals surface area contributed by atoms with Crippen LogP contribution in [-0.2, 0) is 11.2 Å². The van der Waals surface area contributed by atoms with Crippen molar-refractivity contribution in [2.75, 3.05) is 14.2 Å². The Bertz CT molecular complexity index is 856. The summed E-state index contributed by atoms with van der Waals surface area (Å²) in [6, 6.07) is 12.8. The molecule has 140 valence electrons. The zero-order valence-electron chi connectivity index (χ0n) is 15.1. The Morgan fingerprint density at radius 2 is 1.85 bits per heavy atom. The Labute approximate surface area is 157 Å². The lowest BCUT2D eigenvalue weighted by Crippen LogP contribution is -2.30. The van der Waals surface area contributed by atoms with E-state index in [0.29, 0.717) is 22.6 Å². The molecule has 2 rings (SSSR count). The van der Waals surface area contributed by atoms with Crippen LogP contribution >= 0.6 is 0 Å². The highest BCUT2D eigenvalue weighted by Gasteiger charge is 2.22. The summed E-state index contributed by atoms with van der Waals surface area (Å²) >= 11 is 0. The second-order valence-corrected chi connectivity index (χ2v) is 5.76. The van der Waals surface area contributed by atoms with Gasteiger partial charge in [0.2, 0.25) is 0 Å². The third-order valence-corrected chi connectivity index (χ3v) is 4.00. The molecule has 2 aromatic carbocycles. The van der Waals surface area contributed by atoms with Gasteiger partial charge in [0, 0.05) is 17.2 Å². The van der Waals surface area contributed by atoms with Crippen molar-refractivity contribution in [3.05, 3.63) is 59.2 Å². The third kappa shape index (κ3) is 5.22. The lowest BCUT2D eigenvalue weighted by molar-refractivity contribution is -0.137. The standard InChI is InChI=1S/C20H20N2O5/c1-26-15-7-8-16(18(11-15)27-2)17(12-19(23)24)22-20(25)14-5-3-13(4-6-14)9-10-21/h3-8,11,17H,9,12H2,1-2H3,(H,22,25)(H,23,24)/t17-/m0/s1. The Hall–Kier alpha value is -3.53. The highest BCUT2D eigenvalue weighted by atomic mass is 16.5. The molecule has 7 heteroatoms. The smallest absolute Gasteiger partial charge is 0.305 e. The first-order valence-corrected chi connectivity index (χ1v) is 8.19. The van der Waals surface area contributed by atoms with Crippen LogP contribution in [0.1, 0.15) is 33.9 Å². The van der Waals surface area contributed by atoms with Crippen molar-refractivity contribution in [3.63, 3.8) is 0 Å². The van der Waals surface area contributed by atoms with Gasteiger partial charge in [-0.05, 0) is 29.8 Å². The Balaban J connectivity index is 2.27.